The Labute approximate surface area is 80.3 Å². The van der Waals surface area contributed by atoms with Crippen molar-refractivity contribution in [2.45, 2.75) is 6.42 Å². The predicted octanol–water partition coefficient (Wildman–Crippen LogP) is 2.80. The minimum absolute atomic E-state index is 0.242. The average Bonchev–Trinajstić information content (AvgIpc) is 2.11. The zero-order valence-corrected chi connectivity index (χ0v) is 7.42. The molecule has 0 spiro atoms. The smallest absolute Gasteiger partial charge is 0.220 e. The number of hydrogen-bond acceptors (Lipinski definition) is 2. The van der Waals surface area contributed by atoms with Crippen molar-refractivity contribution in [1.82, 2.24) is 4.98 Å². The summed E-state index contributed by atoms with van der Waals surface area (Å²) in [5.74, 6) is -0.585. The number of nitrogens with zero attached hydrogens (tertiary/aromatic N) is 2. The molecule has 0 saturated heterocycles. The molecule has 4 heteroatoms. The van der Waals surface area contributed by atoms with E-state index in [0.29, 0.717) is 10.6 Å². The highest BCUT2D eigenvalue weighted by atomic mass is 35.5. The number of rotatable bonds is 2. The molecule has 66 valence electrons. The van der Waals surface area contributed by atoms with Crippen molar-refractivity contribution in [3.8, 4) is 6.07 Å². The predicted molar refractivity (Wildman–Crippen MR) is 48.5 cm³/mol. The van der Waals surface area contributed by atoms with Gasteiger partial charge in [0.1, 0.15) is 0 Å². The van der Waals surface area contributed by atoms with Crippen LogP contribution in [0.5, 0.6) is 0 Å². The molecule has 0 atom stereocenters. The molecular weight excluding hydrogens is 191 g/mol. The molecule has 0 fully saturated rings. The van der Waals surface area contributed by atoms with Gasteiger partial charge < -0.3 is 0 Å². The lowest BCUT2D eigenvalue weighted by atomic mass is 10.2. The molecule has 1 heterocycles. The quantitative estimate of drug-likeness (QED) is 0.682. The molecule has 2 nitrogen and oxygen atoms in total. The van der Waals surface area contributed by atoms with E-state index in [-0.39, 0.29) is 6.42 Å². The van der Waals surface area contributed by atoms with Gasteiger partial charge in [0.25, 0.3) is 0 Å². The fourth-order valence-electron chi connectivity index (χ4n) is 0.794. The summed E-state index contributed by atoms with van der Waals surface area (Å²) in [5.41, 5.74) is 0.294. The first-order chi connectivity index (χ1) is 6.24. The molecule has 0 bridgehead atoms. The molecular formula is C9H6ClFN2. The van der Waals surface area contributed by atoms with Crippen LogP contribution in [0.1, 0.15) is 12.0 Å². The number of nitriles is 1. The molecule has 0 aliphatic heterocycles. The highest BCUT2D eigenvalue weighted by Gasteiger charge is 1.99. The summed E-state index contributed by atoms with van der Waals surface area (Å²) in [6, 6.07) is 3.37. The van der Waals surface area contributed by atoms with Crippen LogP contribution >= 0.6 is 11.6 Å². The molecule has 0 aliphatic carbocycles. The van der Waals surface area contributed by atoms with E-state index in [0.717, 1.165) is 0 Å². The fraction of sp³-hybridized carbons (Fsp3) is 0.111. The standard InChI is InChI=1S/C9H6ClFN2/c10-8-5-7(3-1-2-4-12)9(11)13-6-8/h1,3,5-6H,2H2. The lowest BCUT2D eigenvalue weighted by Gasteiger charge is -1.95. The van der Waals surface area contributed by atoms with Crippen LogP contribution in [0.25, 0.3) is 6.08 Å². The third-order valence-corrected chi connectivity index (χ3v) is 1.55. The molecule has 0 radical (unpaired) electrons. The van der Waals surface area contributed by atoms with Gasteiger partial charge in [-0.05, 0) is 6.07 Å². The van der Waals surface area contributed by atoms with Crippen molar-refractivity contribution in [1.29, 1.82) is 5.26 Å². The molecule has 0 aliphatic rings. The number of allylic oxidation sites excluding steroid dienone is 1. The van der Waals surface area contributed by atoms with Gasteiger partial charge in [0.15, 0.2) is 0 Å². The van der Waals surface area contributed by atoms with Crippen LogP contribution in [0.3, 0.4) is 0 Å². The van der Waals surface area contributed by atoms with Gasteiger partial charge in [-0.15, -0.1) is 0 Å². The van der Waals surface area contributed by atoms with Crippen molar-refractivity contribution in [2.75, 3.05) is 0 Å². The number of halogens is 2. The summed E-state index contributed by atoms with van der Waals surface area (Å²) in [4.78, 5) is 3.42. The van der Waals surface area contributed by atoms with Crippen molar-refractivity contribution < 1.29 is 4.39 Å². The van der Waals surface area contributed by atoms with Crippen LogP contribution in [0.15, 0.2) is 18.3 Å². The first-order valence-corrected chi connectivity index (χ1v) is 3.96. The van der Waals surface area contributed by atoms with Crippen molar-refractivity contribution >= 4 is 17.7 Å². The Bertz CT molecular complexity index is 368. The third-order valence-electron chi connectivity index (χ3n) is 1.34. The summed E-state index contributed by atoms with van der Waals surface area (Å²) < 4.78 is 12.9. The summed E-state index contributed by atoms with van der Waals surface area (Å²) in [6.45, 7) is 0. The first-order valence-electron chi connectivity index (χ1n) is 3.58. The Morgan fingerprint density at radius 3 is 3.15 bits per heavy atom. The Morgan fingerprint density at radius 1 is 1.69 bits per heavy atom. The first kappa shape index (κ1) is 9.69. The molecule has 0 unspecified atom stereocenters. The largest absolute Gasteiger partial charge is 0.226 e. The summed E-state index contributed by atoms with van der Waals surface area (Å²) in [7, 11) is 0. The highest BCUT2D eigenvalue weighted by Crippen LogP contribution is 2.13. The van der Waals surface area contributed by atoms with E-state index < -0.39 is 5.95 Å². The normalized spacial score (nSPS) is 10.2. The second-order valence-electron chi connectivity index (χ2n) is 2.30. The zero-order valence-electron chi connectivity index (χ0n) is 6.67. The van der Waals surface area contributed by atoms with E-state index >= 15 is 0 Å². The van der Waals surface area contributed by atoms with Gasteiger partial charge in [0, 0.05) is 11.8 Å². The Morgan fingerprint density at radius 2 is 2.46 bits per heavy atom. The molecule has 13 heavy (non-hydrogen) atoms. The van der Waals surface area contributed by atoms with Gasteiger partial charge in [-0.25, -0.2) is 4.98 Å². The van der Waals surface area contributed by atoms with Crippen LogP contribution in [-0.2, 0) is 0 Å². The number of hydrogen-bond donors (Lipinski definition) is 0. The number of pyridine rings is 1. The van der Waals surface area contributed by atoms with Gasteiger partial charge in [0.05, 0.1) is 17.5 Å². The van der Waals surface area contributed by atoms with E-state index in [1.807, 2.05) is 6.07 Å². The van der Waals surface area contributed by atoms with E-state index in [2.05, 4.69) is 4.98 Å². The maximum Gasteiger partial charge on any atom is 0.220 e. The SMILES string of the molecule is N#CCC=Cc1cc(Cl)cnc1F. The van der Waals surface area contributed by atoms with Crippen molar-refractivity contribution in [3.05, 3.63) is 34.9 Å². The topological polar surface area (TPSA) is 36.7 Å². The van der Waals surface area contributed by atoms with Crippen LogP contribution in [0.2, 0.25) is 5.02 Å². The third kappa shape index (κ3) is 2.85. The summed E-state index contributed by atoms with van der Waals surface area (Å²) >= 11 is 5.60. The lowest BCUT2D eigenvalue weighted by molar-refractivity contribution is 0.581. The van der Waals surface area contributed by atoms with Gasteiger partial charge in [-0.3, -0.25) is 0 Å². The second-order valence-corrected chi connectivity index (χ2v) is 2.73. The van der Waals surface area contributed by atoms with Crippen LogP contribution in [-0.4, -0.2) is 4.98 Å². The monoisotopic (exact) mass is 196 g/mol. The van der Waals surface area contributed by atoms with Gasteiger partial charge in [0.2, 0.25) is 5.95 Å². The molecule has 0 amide bonds. The van der Waals surface area contributed by atoms with Crippen molar-refractivity contribution in [3.63, 3.8) is 0 Å². The Balaban J connectivity index is 2.88. The molecule has 0 N–H and O–H groups in total. The molecule has 1 aromatic heterocycles. The zero-order chi connectivity index (χ0) is 9.68. The lowest BCUT2D eigenvalue weighted by Crippen LogP contribution is -1.86. The average molecular weight is 197 g/mol. The Kier molecular flexibility index (Phi) is 3.41. The minimum atomic E-state index is -0.585. The van der Waals surface area contributed by atoms with Crippen LogP contribution in [0, 0.1) is 17.3 Å². The highest BCUT2D eigenvalue weighted by molar-refractivity contribution is 6.30. The second kappa shape index (κ2) is 4.58. The maximum absolute atomic E-state index is 12.9. The maximum atomic E-state index is 12.9. The van der Waals surface area contributed by atoms with Gasteiger partial charge >= 0.3 is 0 Å². The molecule has 1 rings (SSSR count). The van der Waals surface area contributed by atoms with E-state index in [1.54, 1.807) is 6.08 Å². The fourth-order valence-corrected chi connectivity index (χ4v) is 0.960. The Hall–Kier alpha value is -1.40. The van der Waals surface area contributed by atoms with Crippen LogP contribution < -0.4 is 0 Å². The van der Waals surface area contributed by atoms with E-state index in [4.69, 9.17) is 16.9 Å². The van der Waals surface area contributed by atoms with E-state index in [9.17, 15) is 4.39 Å². The minimum Gasteiger partial charge on any atom is -0.226 e. The molecule has 0 saturated carbocycles. The van der Waals surface area contributed by atoms with Crippen molar-refractivity contribution in [2.24, 2.45) is 0 Å². The summed E-state index contributed by atoms with van der Waals surface area (Å²) in [5, 5.41) is 8.60. The van der Waals surface area contributed by atoms with E-state index in [1.165, 1.54) is 18.3 Å². The molecule has 0 aromatic carbocycles. The van der Waals surface area contributed by atoms with Crippen LogP contribution in [0.4, 0.5) is 4.39 Å². The van der Waals surface area contributed by atoms with Gasteiger partial charge in [-0.2, -0.15) is 9.65 Å². The number of aromatic nitrogens is 1. The summed E-state index contributed by atoms with van der Waals surface area (Å²) in [6.07, 6.45) is 4.51. The molecule has 1 aromatic rings. The van der Waals surface area contributed by atoms with Gasteiger partial charge in [-0.1, -0.05) is 23.8 Å².